The van der Waals surface area contributed by atoms with Crippen molar-refractivity contribution < 1.29 is 9.18 Å². The Morgan fingerprint density at radius 3 is 2.79 bits per heavy atom. The van der Waals surface area contributed by atoms with Crippen molar-refractivity contribution in [3.8, 4) is 0 Å². The van der Waals surface area contributed by atoms with E-state index < -0.39 is 5.82 Å². The number of rotatable bonds is 5. The average molecular weight is 328 g/mol. The summed E-state index contributed by atoms with van der Waals surface area (Å²) in [5, 5.41) is 4.50. The summed E-state index contributed by atoms with van der Waals surface area (Å²) in [6.07, 6.45) is 8.82. The highest BCUT2D eigenvalue weighted by atomic mass is 19.1. The molecular formula is C18H21FN4O. The normalized spacial score (nSPS) is 14.8. The number of amides is 1. The third-order valence-corrected chi connectivity index (χ3v) is 4.53. The average Bonchev–Trinajstić information content (AvgIpc) is 3.23. The van der Waals surface area contributed by atoms with Gasteiger partial charge >= 0.3 is 0 Å². The number of aromatic nitrogens is 3. The van der Waals surface area contributed by atoms with Crippen molar-refractivity contribution in [2.45, 2.75) is 45.2 Å². The van der Waals surface area contributed by atoms with Gasteiger partial charge in [-0.3, -0.25) is 19.4 Å². The topological polar surface area (TPSA) is 51.0 Å². The van der Waals surface area contributed by atoms with Crippen molar-refractivity contribution in [3.05, 3.63) is 54.4 Å². The standard InChI is InChI=1S/C18H21FN4O/c1-3-18(24)22(12-15-9-8-14(19)10-20-15)17-11-21-23(13(17)2)16-6-4-5-7-16/h3,8-11,16H,1,4-7,12H2,2H3. The minimum atomic E-state index is -0.398. The van der Waals surface area contributed by atoms with Crippen LogP contribution in [0.2, 0.25) is 0 Å². The van der Waals surface area contributed by atoms with Crippen molar-refractivity contribution in [1.82, 2.24) is 14.8 Å². The van der Waals surface area contributed by atoms with Crippen LogP contribution in [-0.4, -0.2) is 20.7 Å². The predicted molar refractivity (Wildman–Crippen MR) is 90.1 cm³/mol. The Balaban J connectivity index is 1.90. The summed E-state index contributed by atoms with van der Waals surface area (Å²) in [7, 11) is 0. The predicted octanol–water partition coefficient (Wildman–Crippen LogP) is 3.56. The zero-order chi connectivity index (χ0) is 17.1. The van der Waals surface area contributed by atoms with E-state index in [1.54, 1.807) is 17.2 Å². The largest absolute Gasteiger partial charge is 0.300 e. The van der Waals surface area contributed by atoms with Gasteiger partial charge in [-0.15, -0.1) is 0 Å². The smallest absolute Gasteiger partial charge is 0.250 e. The van der Waals surface area contributed by atoms with Crippen LogP contribution in [0.5, 0.6) is 0 Å². The first-order chi connectivity index (χ1) is 11.6. The van der Waals surface area contributed by atoms with Gasteiger partial charge in [0.25, 0.3) is 5.91 Å². The van der Waals surface area contributed by atoms with E-state index in [2.05, 4.69) is 16.7 Å². The minimum absolute atomic E-state index is 0.227. The fraction of sp³-hybridized carbons (Fsp3) is 0.389. The van der Waals surface area contributed by atoms with Crippen LogP contribution in [0, 0.1) is 12.7 Å². The fourth-order valence-electron chi connectivity index (χ4n) is 3.25. The van der Waals surface area contributed by atoms with E-state index in [9.17, 15) is 9.18 Å². The molecule has 2 aromatic heterocycles. The van der Waals surface area contributed by atoms with E-state index >= 15 is 0 Å². The highest BCUT2D eigenvalue weighted by Crippen LogP contribution is 2.33. The van der Waals surface area contributed by atoms with E-state index in [-0.39, 0.29) is 12.5 Å². The molecule has 0 bridgehead atoms. The van der Waals surface area contributed by atoms with Crippen molar-refractivity contribution in [1.29, 1.82) is 0 Å². The van der Waals surface area contributed by atoms with Crippen molar-refractivity contribution in [2.75, 3.05) is 4.90 Å². The second-order valence-corrected chi connectivity index (χ2v) is 6.09. The quantitative estimate of drug-likeness (QED) is 0.789. The molecule has 6 heteroatoms. The molecule has 0 N–H and O–H groups in total. The Hall–Kier alpha value is -2.50. The lowest BCUT2D eigenvalue weighted by Gasteiger charge is -2.21. The zero-order valence-electron chi connectivity index (χ0n) is 13.8. The van der Waals surface area contributed by atoms with E-state index in [0.717, 1.165) is 30.4 Å². The summed E-state index contributed by atoms with van der Waals surface area (Å²) in [6, 6.07) is 3.33. The Morgan fingerprint density at radius 2 is 2.17 bits per heavy atom. The monoisotopic (exact) mass is 328 g/mol. The maximum atomic E-state index is 13.0. The molecule has 0 radical (unpaired) electrons. The van der Waals surface area contributed by atoms with E-state index in [1.165, 1.54) is 25.0 Å². The summed E-state index contributed by atoms with van der Waals surface area (Å²) in [4.78, 5) is 18.0. The maximum Gasteiger partial charge on any atom is 0.250 e. The van der Waals surface area contributed by atoms with Gasteiger partial charge < -0.3 is 0 Å². The first kappa shape index (κ1) is 16.4. The van der Waals surface area contributed by atoms with Crippen LogP contribution < -0.4 is 4.90 Å². The van der Waals surface area contributed by atoms with Crippen LogP contribution in [0.15, 0.2) is 37.2 Å². The van der Waals surface area contributed by atoms with Crippen molar-refractivity contribution in [3.63, 3.8) is 0 Å². The van der Waals surface area contributed by atoms with Gasteiger partial charge in [-0.1, -0.05) is 19.4 Å². The lowest BCUT2D eigenvalue weighted by molar-refractivity contribution is -0.114. The number of pyridine rings is 1. The summed E-state index contributed by atoms with van der Waals surface area (Å²) in [5.74, 6) is -0.624. The number of carbonyl (C=O) groups excluding carboxylic acids is 1. The molecule has 3 rings (SSSR count). The fourth-order valence-corrected chi connectivity index (χ4v) is 3.25. The Bertz CT molecular complexity index is 732. The van der Waals surface area contributed by atoms with E-state index in [1.807, 2.05) is 11.6 Å². The summed E-state index contributed by atoms with van der Waals surface area (Å²) >= 11 is 0. The Kier molecular flexibility index (Phi) is 4.74. The van der Waals surface area contributed by atoms with E-state index in [4.69, 9.17) is 0 Å². The molecule has 1 aliphatic carbocycles. The molecule has 24 heavy (non-hydrogen) atoms. The lowest BCUT2D eigenvalue weighted by atomic mass is 10.2. The first-order valence-corrected chi connectivity index (χ1v) is 8.18. The van der Waals surface area contributed by atoms with Crippen molar-refractivity contribution >= 4 is 11.6 Å². The van der Waals surface area contributed by atoms with Crippen LogP contribution in [0.1, 0.15) is 43.1 Å². The molecular weight excluding hydrogens is 307 g/mol. The van der Waals surface area contributed by atoms with Gasteiger partial charge in [0.2, 0.25) is 0 Å². The zero-order valence-corrected chi connectivity index (χ0v) is 13.8. The number of hydrogen-bond acceptors (Lipinski definition) is 3. The SMILES string of the molecule is C=CC(=O)N(Cc1ccc(F)cn1)c1cnn(C2CCCC2)c1C. The highest BCUT2D eigenvalue weighted by molar-refractivity contribution is 6.01. The third kappa shape index (κ3) is 3.22. The van der Waals surface area contributed by atoms with E-state index in [0.29, 0.717) is 11.7 Å². The van der Waals surface area contributed by atoms with Gasteiger partial charge in [0.1, 0.15) is 5.82 Å². The van der Waals surface area contributed by atoms with Gasteiger partial charge in [-0.25, -0.2) is 4.39 Å². The molecule has 1 saturated carbocycles. The summed E-state index contributed by atoms with van der Waals surface area (Å²) in [5.41, 5.74) is 2.32. The Labute approximate surface area is 140 Å². The molecule has 0 atom stereocenters. The number of halogens is 1. The second-order valence-electron chi connectivity index (χ2n) is 6.09. The summed E-state index contributed by atoms with van der Waals surface area (Å²) < 4.78 is 15.1. The number of carbonyl (C=O) groups is 1. The molecule has 2 aromatic rings. The molecule has 5 nitrogen and oxygen atoms in total. The van der Waals surface area contributed by atoms with Crippen molar-refractivity contribution in [2.24, 2.45) is 0 Å². The lowest BCUT2D eigenvalue weighted by Crippen LogP contribution is -2.29. The first-order valence-electron chi connectivity index (χ1n) is 8.18. The second kappa shape index (κ2) is 6.95. The molecule has 2 heterocycles. The molecule has 126 valence electrons. The Morgan fingerprint density at radius 1 is 1.42 bits per heavy atom. The van der Waals surface area contributed by atoms with Gasteiger partial charge in [0.15, 0.2) is 0 Å². The minimum Gasteiger partial charge on any atom is -0.300 e. The summed E-state index contributed by atoms with van der Waals surface area (Å²) in [6.45, 7) is 5.80. The van der Waals surface area contributed by atoms with Crippen LogP contribution in [-0.2, 0) is 11.3 Å². The van der Waals surface area contributed by atoms with Crippen LogP contribution in [0.3, 0.4) is 0 Å². The molecule has 1 amide bonds. The molecule has 0 spiro atoms. The third-order valence-electron chi connectivity index (χ3n) is 4.53. The maximum absolute atomic E-state index is 13.0. The molecule has 0 saturated heterocycles. The van der Waals surface area contributed by atoms with Gasteiger partial charge in [0.05, 0.1) is 42.1 Å². The van der Waals surface area contributed by atoms with Crippen LogP contribution in [0.25, 0.3) is 0 Å². The number of anilines is 1. The van der Waals surface area contributed by atoms with Crippen LogP contribution in [0.4, 0.5) is 10.1 Å². The van der Waals surface area contributed by atoms with Gasteiger partial charge in [-0.2, -0.15) is 5.10 Å². The molecule has 0 aromatic carbocycles. The van der Waals surface area contributed by atoms with Gasteiger partial charge in [0, 0.05) is 0 Å². The molecule has 1 fully saturated rings. The number of nitrogens with zero attached hydrogens (tertiary/aromatic N) is 4. The highest BCUT2D eigenvalue weighted by Gasteiger charge is 2.24. The van der Waals surface area contributed by atoms with Crippen LogP contribution >= 0.6 is 0 Å². The molecule has 1 aliphatic rings. The number of hydrogen-bond donors (Lipinski definition) is 0. The molecule has 0 unspecified atom stereocenters. The molecule has 0 aliphatic heterocycles. The van der Waals surface area contributed by atoms with Gasteiger partial charge in [-0.05, 0) is 38.0 Å².